The minimum atomic E-state index is 0.475. The van der Waals surface area contributed by atoms with Crippen molar-refractivity contribution in [1.29, 1.82) is 0 Å². The molecule has 0 bridgehead atoms. The Morgan fingerprint density at radius 1 is 1.19 bits per heavy atom. The SMILES string of the molecule is COc1ccc(Nc2c(C)c(C)nc3nc(-c4ccco4)nn23)cc1Cl. The smallest absolute Gasteiger partial charge is 0.255 e. The highest BCUT2D eigenvalue weighted by molar-refractivity contribution is 6.32. The van der Waals surface area contributed by atoms with E-state index in [1.54, 1.807) is 36.1 Å². The molecule has 0 aliphatic rings. The summed E-state index contributed by atoms with van der Waals surface area (Å²) in [5.41, 5.74) is 2.62. The zero-order valence-electron chi connectivity index (χ0n) is 14.4. The number of aromatic nitrogens is 4. The molecule has 26 heavy (non-hydrogen) atoms. The van der Waals surface area contributed by atoms with Gasteiger partial charge in [-0.1, -0.05) is 11.6 Å². The normalized spacial score (nSPS) is 11.1. The second-order valence-electron chi connectivity index (χ2n) is 5.77. The molecular formula is C18H16ClN5O2. The van der Waals surface area contributed by atoms with E-state index in [1.807, 2.05) is 26.0 Å². The van der Waals surface area contributed by atoms with E-state index in [2.05, 4.69) is 20.4 Å². The van der Waals surface area contributed by atoms with Gasteiger partial charge >= 0.3 is 0 Å². The molecule has 0 saturated carbocycles. The van der Waals surface area contributed by atoms with Crippen molar-refractivity contribution in [2.75, 3.05) is 12.4 Å². The molecule has 0 saturated heterocycles. The van der Waals surface area contributed by atoms with Crippen LogP contribution in [0.25, 0.3) is 17.4 Å². The molecular weight excluding hydrogens is 354 g/mol. The monoisotopic (exact) mass is 369 g/mol. The summed E-state index contributed by atoms with van der Waals surface area (Å²) in [7, 11) is 1.58. The van der Waals surface area contributed by atoms with Crippen LogP contribution in [0.5, 0.6) is 5.75 Å². The molecule has 0 unspecified atom stereocenters. The number of ether oxygens (including phenoxy) is 1. The number of aryl methyl sites for hydroxylation is 1. The van der Waals surface area contributed by atoms with Crippen LogP contribution in [0.3, 0.4) is 0 Å². The Bertz CT molecular complexity index is 1090. The van der Waals surface area contributed by atoms with Gasteiger partial charge in [0.15, 0.2) is 5.76 Å². The lowest BCUT2D eigenvalue weighted by Gasteiger charge is -2.13. The van der Waals surface area contributed by atoms with Crippen LogP contribution >= 0.6 is 11.6 Å². The van der Waals surface area contributed by atoms with Gasteiger partial charge in [0.1, 0.15) is 11.6 Å². The van der Waals surface area contributed by atoms with Crippen molar-refractivity contribution in [2.24, 2.45) is 0 Å². The highest BCUT2D eigenvalue weighted by Gasteiger charge is 2.16. The number of fused-ring (bicyclic) bond motifs is 1. The fourth-order valence-corrected chi connectivity index (χ4v) is 2.89. The maximum Gasteiger partial charge on any atom is 0.255 e. The summed E-state index contributed by atoms with van der Waals surface area (Å²) >= 11 is 6.23. The number of benzene rings is 1. The number of hydrogen-bond acceptors (Lipinski definition) is 6. The maximum atomic E-state index is 6.23. The molecule has 0 aliphatic heterocycles. The Morgan fingerprint density at radius 2 is 2.04 bits per heavy atom. The molecule has 3 aromatic heterocycles. The van der Waals surface area contributed by atoms with Gasteiger partial charge in [0.2, 0.25) is 5.82 Å². The van der Waals surface area contributed by atoms with Crippen LogP contribution < -0.4 is 10.1 Å². The van der Waals surface area contributed by atoms with Crippen molar-refractivity contribution in [3.63, 3.8) is 0 Å². The van der Waals surface area contributed by atoms with Crippen LogP contribution in [0.1, 0.15) is 11.3 Å². The third-order valence-electron chi connectivity index (χ3n) is 4.12. The van der Waals surface area contributed by atoms with Crippen LogP contribution in [0.4, 0.5) is 11.5 Å². The zero-order chi connectivity index (χ0) is 18.3. The van der Waals surface area contributed by atoms with E-state index < -0.39 is 0 Å². The summed E-state index contributed by atoms with van der Waals surface area (Å²) in [6, 6.07) is 9.09. The van der Waals surface area contributed by atoms with Gasteiger partial charge in [-0.15, -0.1) is 5.10 Å². The van der Waals surface area contributed by atoms with E-state index in [4.69, 9.17) is 20.8 Å². The number of halogens is 1. The topological polar surface area (TPSA) is 77.5 Å². The molecule has 1 N–H and O–H groups in total. The van der Waals surface area contributed by atoms with Gasteiger partial charge in [0, 0.05) is 16.9 Å². The fourth-order valence-electron chi connectivity index (χ4n) is 2.63. The number of hydrogen-bond donors (Lipinski definition) is 1. The van der Waals surface area contributed by atoms with Crippen molar-refractivity contribution in [3.05, 3.63) is 52.9 Å². The summed E-state index contributed by atoms with van der Waals surface area (Å²) in [5.74, 6) is 2.93. The third kappa shape index (κ3) is 2.76. The summed E-state index contributed by atoms with van der Waals surface area (Å²) in [6.45, 7) is 3.91. The van der Waals surface area contributed by atoms with Gasteiger partial charge in [-0.3, -0.25) is 0 Å². The molecule has 0 radical (unpaired) electrons. The summed E-state index contributed by atoms with van der Waals surface area (Å²) in [6.07, 6.45) is 1.59. The molecule has 132 valence electrons. The van der Waals surface area contributed by atoms with Crippen molar-refractivity contribution in [3.8, 4) is 17.3 Å². The summed E-state index contributed by atoms with van der Waals surface area (Å²) < 4.78 is 12.3. The zero-order valence-corrected chi connectivity index (χ0v) is 15.2. The highest BCUT2D eigenvalue weighted by Crippen LogP contribution is 2.30. The highest BCUT2D eigenvalue weighted by atomic mass is 35.5. The molecule has 0 aliphatic carbocycles. The number of rotatable bonds is 4. The first-order valence-electron chi connectivity index (χ1n) is 7.95. The molecule has 0 atom stereocenters. The second-order valence-corrected chi connectivity index (χ2v) is 6.18. The summed E-state index contributed by atoms with van der Waals surface area (Å²) in [4.78, 5) is 8.98. The van der Waals surface area contributed by atoms with E-state index in [9.17, 15) is 0 Å². The quantitative estimate of drug-likeness (QED) is 0.574. The van der Waals surface area contributed by atoms with Crippen molar-refractivity contribution >= 4 is 28.9 Å². The van der Waals surface area contributed by atoms with Crippen LogP contribution in [-0.4, -0.2) is 26.7 Å². The lowest BCUT2D eigenvalue weighted by Crippen LogP contribution is -2.06. The number of nitrogens with one attached hydrogen (secondary N) is 1. The third-order valence-corrected chi connectivity index (χ3v) is 4.42. The molecule has 4 rings (SSSR count). The van der Waals surface area contributed by atoms with Crippen LogP contribution in [0.2, 0.25) is 5.02 Å². The van der Waals surface area contributed by atoms with Crippen LogP contribution in [0.15, 0.2) is 41.0 Å². The van der Waals surface area contributed by atoms with Gasteiger partial charge < -0.3 is 14.5 Å². The largest absolute Gasteiger partial charge is 0.495 e. The molecule has 7 nitrogen and oxygen atoms in total. The Labute approximate surface area is 154 Å². The Morgan fingerprint density at radius 3 is 2.73 bits per heavy atom. The second kappa shape index (κ2) is 6.34. The van der Waals surface area contributed by atoms with Gasteiger partial charge in [-0.2, -0.15) is 9.50 Å². The van der Waals surface area contributed by atoms with Gasteiger partial charge in [-0.05, 0) is 44.2 Å². The molecule has 1 aromatic carbocycles. The minimum absolute atomic E-state index is 0.475. The van der Waals surface area contributed by atoms with E-state index in [-0.39, 0.29) is 0 Å². The fraction of sp³-hybridized carbons (Fsp3) is 0.167. The van der Waals surface area contributed by atoms with E-state index >= 15 is 0 Å². The molecule has 0 amide bonds. The van der Waals surface area contributed by atoms with Gasteiger partial charge in [0.25, 0.3) is 5.78 Å². The van der Waals surface area contributed by atoms with E-state index in [0.29, 0.717) is 28.1 Å². The average Bonchev–Trinajstić information content (AvgIpc) is 3.28. The Kier molecular flexibility index (Phi) is 4.00. The molecule has 4 aromatic rings. The van der Waals surface area contributed by atoms with Crippen molar-refractivity contribution in [1.82, 2.24) is 19.6 Å². The van der Waals surface area contributed by atoms with Crippen LogP contribution in [0, 0.1) is 13.8 Å². The minimum Gasteiger partial charge on any atom is -0.495 e. The average molecular weight is 370 g/mol. The first kappa shape index (κ1) is 16.4. The Balaban J connectivity index is 1.82. The predicted molar refractivity (Wildman–Crippen MR) is 99.2 cm³/mol. The number of anilines is 2. The number of methoxy groups -OCH3 is 1. The number of nitrogens with zero attached hydrogens (tertiary/aromatic N) is 4. The first-order chi connectivity index (χ1) is 12.6. The van der Waals surface area contributed by atoms with Gasteiger partial charge in [-0.25, -0.2) is 4.98 Å². The standard InChI is InChI=1S/C18H16ClN5O2/c1-10-11(2)20-18-22-16(15-5-4-8-26-15)23-24(18)17(10)21-12-6-7-14(25-3)13(19)9-12/h4-9,21H,1-3H3. The first-order valence-corrected chi connectivity index (χ1v) is 8.33. The predicted octanol–water partition coefficient (Wildman–Crippen LogP) is 4.41. The van der Waals surface area contributed by atoms with Crippen molar-refractivity contribution in [2.45, 2.75) is 13.8 Å². The number of furan rings is 1. The summed E-state index contributed by atoms with van der Waals surface area (Å²) in [5, 5.41) is 8.42. The van der Waals surface area contributed by atoms with Gasteiger partial charge in [0.05, 0.1) is 18.4 Å². The molecule has 0 fully saturated rings. The molecule has 0 spiro atoms. The van der Waals surface area contributed by atoms with E-state index in [0.717, 1.165) is 22.8 Å². The Hall–Kier alpha value is -3.06. The van der Waals surface area contributed by atoms with Crippen molar-refractivity contribution < 1.29 is 9.15 Å². The molecule has 8 heteroatoms. The lowest BCUT2D eigenvalue weighted by atomic mass is 10.2. The van der Waals surface area contributed by atoms with Crippen LogP contribution in [-0.2, 0) is 0 Å². The molecule has 3 heterocycles. The maximum absolute atomic E-state index is 6.23. The lowest BCUT2D eigenvalue weighted by molar-refractivity contribution is 0.415. The van der Waals surface area contributed by atoms with E-state index in [1.165, 1.54) is 0 Å².